The van der Waals surface area contributed by atoms with Gasteiger partial charge in [0, 0.05) is 82.8 Å². The summed E-state index contributed by atoms with van der Waals surface area (Å²) in [7, 11) is -2.10. The third-order valence-corrected chi connectivity index (χ3v) is 15.3. The maximum absolute atomic E-state index is 13.6. The van der Waals surface area contributed by atoms with Gasteiger partial charge < -0.3 is 19.1 Å². The van der Waals surface area contributed by atoms with Crippen molar-refractivity contribution in [2.24, 2.45) is 17.8 Å². The van der Waals surface area contributed by atoms with E-state index in [4.69, 9.17) is 25.8 Å². The Bertz CT molecular complexity index is 1760. The second-order valence-corrected chi connectivity index (χ2v) is 18.8. The molecule has 2 aromatic rings. The fraction of sp³-hybridized carbons (Fsp3) is 0.643. The van der Waals surface area contributed by atoms with Crippen LogP contribution in [0.5, 0.6) is 5.75 Å². The van der Waals surface area contributed by atoms with Gasteiger partial charge in [-0.15, -0.1) is 0 Å². The Hall–Kier alpha value is -2.67. The van der Waals surface area contributed by atoms with Gasteiger partial charge in [0.15, 0.2) is 0 Å². The van der Waals surface area contributed by atoms with Crippen molar-refractivity contribution in [3.63, 3.8) is 0 Å². The number of amides is 1. The first-order chi connectivity index (χ1) is 26.0. The Morgan fingerprint density at radius 1 is 0.963 bits per heavy atom. The minimum atomic E-state index is -3.96. The molecule has 2 saturated heterocycles. The number of ether oxygens (including phenoxy) is 3. The summed E-state index contributed by atoms with van der Waals surface area (Å²) in [6.45, 7) is 12.1. The van der Waals surface area contributed by atoms with E-state index in [9.17, 15) is 13.2 Å². The van der Waals surface area contributed by atoms with Gasteiger partial charge in [0.25, 0.3) is 5.91 Å². The van der Waals surface area contributed by atoms with Crippen LogP contribution >= 0.6 is 11.6 Å². The first-order valence-corrected chi connectivity index (χ1v) is 22.1. The molecule has 12 heteroatoms. The van der Waals surface area contributed by atoms with Crippen LogP contribution < -0.4 is 14.4 Å². The zero-order valence-electron chi connectivity index (χ0n) is 32.3. The lowest BCUT2D eigenvalue weighted by Crippen LogP contribution is -2.59. The number of nitrogens with zero attached hydrogens (tertiary/aromatic N) is 3. The number of allylic oxidation sites excluding steroid dienone is 1. The monoisotopic (exact) mass is 782 g/mol. The number of hydrogen-bond donors (Lipinski definition) is 1. The predicted molar refractivity (Wildman–Crippen MR) is 214 cm³/mol. The van der Waals surface area contributed by atoms with Gasteiger partial charge in [-0.25, -0.2) is 13.1 Å². The van der Waals surface area contributed by atoms with Crippen LogP contribution in [0.4, 0.5) is 5.69 Å². The first kappa shape index (κ1) is 39.6. The Kier molecular flexibility index (Phi) is 12.6. The van der Waals surface area contributed by atoms with E-state index in [2.05, 4.69) is 31.6 Å². The number of methoxy groups -OCH3 is 1. The fourth-order valence-electron chi connectivity index (χ4n) is 9.32. The molecule has 10 nitrogen and oxygen atoms in total. The van der Waals surface area contributed by atoms with E-state index in [1.54, 1.807) is 13.0 Å². The lowest BCUT2D eigenvalue weighted by atomic mass is 9.63. The molecule has 1 saturated carbocycles. The van der Waals surface area contributed by atoms with Crippen molar-refractivity contribution in [1.29, 1.82) is 0 Å². The van der Waals surface area contributed by atoms with Crippen molar-refractivity contribution in [2.75, 3.05) is 71.0 Å². The van der Waals surface area contributed by atoms with Gasteiger partial charge in [0.05, 0.1) is 10.9 Å². The standard InChI is InChI=1S/C42H59ClN4O6S/c1-30-7-6-17-42(51-3,29-45-19-21-46(22-20-45)37-15-23-52-24-16-37)38-13-10-34(38)27-47-18-5-4-8-32-25-36(43)12-9-35(32)28-53-40-14-11-33(26-39(40)47)41(48)44-54(49,50)31(30)2/h6,9,11-12,14,17,25-26,30-31,34,37-38H,4-5,7-8,10,13,15-16,18-24,27-29H2,1-3H3,(H,44,48)/b17-6+/t30-,31+,34-,38+,42+/m0/s1. The molecule has 0 spiro atoms. The molecule has 2 aromatic carbocycles. The Labute approximate surface area is 327 Å². The molecule has 4 aliphatic heterocycles. The topological polar surface area (TPSA) is 101 Å². The molecule has 4 heterocycles. The molecule has 3 fully saturated rings. The Balaban J connectivity index is 1.21. The number of halogens is 1. The summed E-state index contributed by atoms with van der Waals surface area (Å²) in [6.07, 6.45) is 12.2. The van der Waals surface area contributed by atoms with Crippen LogP contribution in [0.1, 0.15) is 80.3 Å². The molecular weight excluding hydrogens is 724 g/mol. The number of carbonyl (C=O) groups excluding carboxylic acids is 1. The summed E-state index contributed by atoms with van der Waals surface area (Å²) >= 11 is 6.41. The number of nitrogens with one attached hydrogen (secondary N) is 1. The van der Waals surface area contributed by atoms with Crippen molar-refractivity contribution in [3.05, 3.63) is 70.3 Å². The molecule has 296 valence electrons. The number of piperazine rings is 1. The number of hydrogen-bond acceptors (Lipinski definition) is 9. The van der Waals surface area contributed by atoms with Crippen LogP contribution in [0.25, 0.3) is 0 Å². The number of fused-ring (bicyclic) bond motifs is 3. The molecule has 1 aliphatic carbocycles. The van der Waals surface area contributed by atoms with Crippen LogP contribution in [-0.4, -0.2) is 107 Å². The summed E-state index contributed by atoms with van der Waals surface area (Å²) in [4.78, 5) is 21.2. The largest absolute Gasteiger partial charge is 0.487 e. The van der Waals surface area contributed by atoms with E-state index < -0.39 is 26.8 Å². The number of rotatable bonds is 4. The molecular formula is C42H59ClN4O6S. The SMILES string of the molecule is CO[C@@]1(CN2CCN(C3CCOCC3)CC2)/C=C/C[C@H](C)[C@@H](C)S(=O)(=O)NC(=O)c2ccc3c(c2)N(CCCCc2cc(Cl)ccc2CO3)C[C@@H]2CC[C@H]21. The molecule has 5 aliphatic rings. The molecule has 5 atom stereocenters. The smallest absolute Gasteiger partial charge is 0.264 e. The maximum Gasteiger partial charge on any atom is 0.264 e. The van der Waals surface area contributed by atoms with E-state index in [0.717, 1.165) is 120 Å². The molecule has 1 amide bonds. The highest BCUT2D eigenvalue weighted by Crippen LogP contribution is 2.47. The fourth-order valence-corrected chi connectivity index (χ4v) is 10.8. The number of sulfonamides is 1. The molecule has 1 N–H and O–H groups in total. The Morgan fingerprint density at radius 2 is 1.76 bits per heavy atom. The van der Waals surface area contributed by atoms with E-state index in [1.165, 1.54) is 5.56 Å². The normalized spacial score (nSPS) is 31.1. The van der Waals surface area contributed by atoms with E-state index in [-0.39, 0.29) is 11.8 Å². The second kappa shape index (κ2) is 17.2. The lowest BCUT2D eigenvalue weighted by molar-refractivity contribution is -0.0974. The van der Waals surface area contributed by atoms with Gasteiger partial charge in [-0.05, 0) is 118 Å². The Morgan fingerprint density at radius 3 is 2.50 bits per heavy atom. The van der Waals surface area contributed by atoms with Crippen LogP contribution in [0.3, 0.4) is 0 Å². The van der Waals surface area contributed by atoms with E-state index in [1.807, 2.05) is 44.4 Å². The minimum absolute atomic E-state index is 0.219. The summed E-state index contributed by atoms with van der Waals surface area (Å²) in [5.41, 5.74) is 2.88. The molecule has 54 heavy (non-hydrogen) atoms. The van der Waals surface area contributed by atoms with E-state index in [0.29, 0.717) is 36.3 Å². The third-order valence-electron chi connectivity index (χ3n) is 13.1. The molecule has 0 aromatic heterocycles. The average molecular weight is 783 g/mol. The zero-order valence-corrected chi connectivity index (χ0v) is 33.9. The summed E-state index contributed by atoms with van der Waals surface area (Å²) < 4.78 is 48.5. The van der Waals surface area contributed by atoms with Crippen LogP contribution in [0.15, 0.2) is 48.6 Å². The van der Waals surface area contributed by atoms with Crippen LogP contribution in [-0.2, 0) is 32.5 Å². The van der Waals surface area contributed by atoms with Crippen molar-refractivity contribution in [3.8, 4) is 5.75 Å². The highest BCUT2D eigenvalue weighted by atomic mass is 35.5. The predicted octanol–water partition coefficient (Wildman–Crippen LogP) is 6.31. The van der Waals surface area contributed by atoms with Crippen molar-refractivity contribution >= 4 is 33.2 Å². The average Bonchev–Trinajstić information content (AvgIpc) is 3.19. The summed E-state index contributed by atoms with van der Waals surface area (Å²) in [5, 5.41) is -0.0590. The van der Waals surface area contributed by atoms with Crippen molar-refractivity contribution in [2.45, 2.75) is 88.7 Å². The van der Waals surface area contributed by atoms with Gasteiger partial charge in [-0.2, -0.15) is 0 Å². The maximum atomic E-state index is 13.6. The van der Waals surface area contributed by atoms with Crippen molar-refractivity contribution in [1.82, 2.24) is 14.5 Å². The van der Waals surface area contributed by atoms with Crippen LogP contribution in [0.2, 0.25) is 5.02 Å². The number of benzene rings is 2. The zero-order chi connectivity index (χ0) is 37.9. The minimum Gasteiger partial charge on any atom is -0.487 e. The van der Waals surface area contributed by atoms with Crippen LogP contribution in [0, 0.1) is 17.8 Å². The number of carbonyl (C=O) groups is 1. The molecule has 0 unspecified atom stereocenters. The second-order valence-electron chi connectivity index (χ2n) is 16.3. The van der Waals surface area contributed by atoms with Gasteiger partial charge in [-0.3, -0.25) is 14.6 Å². The van der Waals surface area contributed by atoms with Gasteiger partial charge in [0.1, 0.15) is 18.0 Å². The highest BCUT2D eigenvalue weighted by Gasteiger charge is 2.48. The summed E-state index contributed by atoms with van der Waals surface area (Å²) in [6, 6.07) is 11.9. The lowest BCUT2D eigenvalue weighted by Gasteiger charge is -2.52. The van der Waals surface area contributed by atoms with E-state index >= 15 is 0 Å². The van der Waals surface area contributed by atoms with Gasteiger partial charge in [0.2, 0.25) is 10.0 Å². The third kappa shape index (κ3) is 8.82. The molecule has 7 rings (SSSR count). The molecule has 0 radical (unpaired) electrons. The number of anilines is 1. The first-order valence-electron chi connectivity index (χ1n) is 20.2. The van der Waals surface area contributed by atoms with Gasteiger partial charge >= 0.3 is 0 Å². The highest BCUT2D eigenvalue weighted by molar-refractivity contribution is 7.90. The number of aryl methyl sites for hydroxylation is 1. The van der Waals surface area contributed by atoms with Gasteiger partial charge in [-0.1, -0.05) is 36.7 Å². The summed E-state index contributed by atoms with van der Waals surface area (Å²) in [5.74, 6) is 0.469. The van der Waals surface area contributed by atoms with Crippen molar-refractivity contribution < 1.29 is 27.4 Å². The quantitative estimate of drug-likeness (QED) is 0.358. The molecule has 2 bridgehead atoms.